The van der Waals surface area contributed by atoms with Crippen LogP contribution in [-0.2, 0) is 7.05 Å². The number of nitrogens with zero attached hydrogens (tertiary/aromatic N) is 4. The maximum Gasteiger partial charge on any atom is 0.276 e. The van der Waals surface area contributed by atoms with Gasteiger partial charge in [0.15, 0.2) is 5.69 Å². The molecule has 0 N–H and O–H groups in total. The van der Waals surface area contributed by atoms with E-state index in [4.69, 9.17) is 16.1 Å². The number of aryl methyl sites for hydroxylation is 2. The highest BCUT2D eigenvalue weighted by Crippen LogP contribution is 2.41. The number of carbonyl (C=O) groups excluding carboxylic acids is 1. The molecule has 1 saturated carbocycles. The fourth-order valence-electron chi connectivity index (χ4n) is 3.43. The molecule has 2 aromatic rings. The second-order valence-electron chi connectivity index (χ2n) is 6.46. The first kappa shape index (κ1) is 14.8. The van der Waals surface area contributed by atoms with Crippen molar-refractivity contribution in [1.82, 2.24) is 19.8 Å². The van der Waals surface area contributed by atoms with Crippen LogP contribution in [0.2, 0.25) is 5.15 Å². The summed E-state index contributed by atoms with van der Waals surface area (Å²) >= 11 is 6.39. The van der Waals surface area contributed by atoms with Crippen LogP contribution in [-0.4, -0.2) is 32.3 Å². The zero-order chi connectivity index (χ0) is 16.1. The highest BCUT2D eigenvalue weighted by molar-refractivity contribution is 6.30. The maximum atomic E-state index is 12.8. The molecule has 23 heavy (non-hydrogen) atoms. The van der Waals surface area contributed by atoms with Crippen LogP contribution in [0.5, 0.6) is 0 Å². The fourth-order valence-corrected chi connectivity index (χ4v) is 3.73. The lowest BCUT2D eigenvalue weighted by molar-refractivity contribution is 0.0725. The van der Waals surface area contributed by atoms with Crippen molar-refractivity contribution in [2.45, 2.75) is 44.6 Å². The molecular formula is C16H19ClN4O2. The van der Waals surface area contributed by atoms with E-state index in [1.165, 1.54) is 0 Å². The van der Waals surface area contributed by atoms with Gasteiger partial charge in [-0.05, 0) is 32.6 Å². The number of amides is 1. The summed E-state index contributed by atoms with van der Waals surface area (Å²) in [5.74, 6) is 1.20. The molecule has 4 rings (SSSR count). The molecule has 1 aliphatic carbocycles. The Bertz CT molecular complexity index is 762. The van der Waals surface area contributed by atoms with Gasteiger partial charge >= 0.3 is 0 Å². The number of halogens is 1. The highest BCUT2D eigenvalue weighted by Gasteiger charge is 2.36. The Morgan fingerprint density at radius 3 is 2.83 bits per heavy atom. The van der Waals surface area contributed by atoms with E-state index >= 15 is 0 Å². The van der Waals surface area contributed by atoms with Gasteiger partial charge < -0.3 is 9.42 Å². The first-order valence-electron chi connectivity index (χ1n) is 8.03. The molecule has 2 aliphatic rings. The Labute approximate surface area is 139 Å². The van der Waals surface area contributed by atoms with Crippen LogP contribution >= 0.6 is 11.6 Å². The van der Waals surface area contributed by atoms with Crippen LogP contribution in [0.25, 0.3) is 0 Å². The number of carbonyl (C=O) groups is 1. The summed E-state index contributed by atoms with van der Waals surface area (Å²) in [6, 6.07) is 1.76. The molecule has 2 fully saturated rings. The average molecular weight is 335 g/mol. The van der Waals surface area contributed by atoms with Crippen LogP contribution in [0.15, 0.2) is 10.6 Å². The second-order valence-corrected chi connectivity index (χ2v) is 6.82. The molecule has 6 nitrogen and oxygen atoms in total. The normalized spacial score (nSPS) is 21.2. The molecule has 1 saturated heterocycles. The van der Waals surface area contributed by atoms with Crippen molar-refractivity contribution in [1.29, 1.82) is 0 Å². The van der Waals surface area contributed by atoms with E-state index in [1.54, 1.807) is 10.7 Å². The first-order chi connectivity index (χ1) is 11.1. The van der Waals surface area contributed by atoms with Crippen molar-refractivity contribution >= 4 is 17.5 Å². The molecule has 0 radical (unpaired) electrons. The van der Waals surface area contributed by atoms with E-state index in [0.29, 0.717) is 23.3 Å². The number of hydrogen-bond acceptors (Lipinski definition) is 4. The van der Waals surface area contributed by atoms with E-state index in [1.807, 2.05) is 18.9 Å². The van der Waals surface area contributed by atoms with Gasteiger partial charge in [-0.2, -0.15) is 5.10 Å². The number of aromatic nitrogens is 3. The summed E-state index contributed by atoms with van der Waals surface area (Å²) in [6.07, 6.45) is 4.10. The minimum atomic E-state index is -0.0810. The fraction of sp³-hybridized carbons (Fsp3) is 0.562. The standard InChI is InChI=1S/C16H19ClN4O2/c1-9-14(15(17)20(2)18-9)12-4-3-7-21(12)16(22)11-8-13(23-19-11)10-5-6-10/h8,10,12H,3-7H2,1-2H3/t12-/m0/s1. The minimum absolute atomic E-state index is 0.0372. The Kier molecular flexibility index (Phi) is 3.44. The molecule has 0 bridgehead atoms. The summed E-state index contributed by atoms with van der Waals surface area (Å²) in [5.41, 5.74) is 2.23. The highest BCUT2D eigenvalue weighted by atomic mass is 35.5. The summed E-state index contributed by atoms with van der Waals surface area (Å²) in [4.78, 5) is 14.7. The molecule has 0 unspecified atom stereocenters. The van der Waals surface area contributed by atoms with Crippen molar-refractivity contribution in [3.8, 4) is 0 Å². The number of hydrogen-bond donors (Lipinski definition) is 0. The molecule has 1 amide bonds. The Morgan fingerprint density at radius 2 is 2.17 bits per heavy atom. The van der Waals surface area contributed by atoms with E-state index in [-0.39, 0.29) is 11.9 Å². The molecule has 1 atom stereocenters. The van der Waals surface area contributed by atoms with Gasteiger partial charge in [0.2, 0.25) is 0 Å². The van der Waals surface area contributed by atoms with E-state index in [0.717, 1.165) is 42.7 Å². The monoisotopic (exact) mass is 334 g/mol. The molecule has 122 valence electrons. The first-order valence-corrected chi connectivity index (χ1v) is 8.40. The van der Waals surface area contributed by atoms with Gasteiger partial charge in [0, 0.05) is 31.1 Å². The van der Waals surface area contributed by atoms with Gasteiger partial charge in [0.25, 0.3) is 5.91 Å². The average Bonchev–Trinajstić information content (AvgIpc) is 2.96. The molecule has 0 spiro atoms. The van der Waals surface area contributed by atoms with E-state index in [2.05, 4.69) is 10.3 Å². The summed E-state index contributed by atoms with van der Waals surface area (Å²) in [7, 11) is 1.82. The maximum absolute atomic E-state index is 12.8. The molecular weight excluding hydrogens is 316 g/mol. The molecule has 3 heterocycles. The minimum Gasteiger partial charge on any atom is -0.360 e. The van der Waals surface area contributed by atoms with Gasteiger partial charge in [-0.1, -0.05) is 16.8 Å². The molecule has 2 aromatic heterocycles. The summed E-state index contributed by atoms with van der Waals surface area (Å²) < 4.78 is 6.98. The number of likely N-dealkylation sites (tertiary alicyclic amines) is 1. The second kappa shape index (κ2) is 5.37. The van der Waals surface area contributed by atoms with Crippen LogP contribution < -0.4 is 0 Å². The largest absolute Gasteiger partial charge is 0.360 e. The lowest BCUT2D eigenvalue weighted by atomic mass is 10.1. The van der Waals surface area contributed by atoms with Crippen molar-refractivity contribution in [2.75, 3.05) is 6.54 Å². The third kappa shape index (κ3) is 2.45. The lowest BCUT2D eigenvalue weighted by Gasteiger charge is -2.24. The Hall–Kier alpha value is -1.82. The van der Waals surface area contributed by atoms with Gasteiger partial charge in [0.1, 0.15) is 10.9 Å². The van der Waals surface area contributed by atoms with Crippen molar-refractivity contribution < 1.29 is 9.32 Å². The molecule has 1 aliphatic heterocycles. The Balaban J connectivity index is 1.62. The van der Waals surface area contributed by atoms with Crippen LogP contribution in [0.4, 0.5) is 0 Å². The van der Waals surface area contributed by atoms with Crippen LogP contribution in [0.3, 0.4) is 0 Å². The predicted octanol–water partition coefficient (Wildman–Crippen LogP) is 3.22. The van der Waals surface area contributed by atoms with Gasteiger partial charge in [-0.15, -0.1) is 0 Å². The smallest absolute Gasteiger partial charge is 0.276 e. The predicted molar refractivity (Wildman–Crippen MR) is 84.4 cm³/mol. The topological polar surface area (TPSA) is 64.2 Å². The zero-order valence-corrected chi connectivity index (χ0v) is 14.0. The third-order valence-electron chi connectivity index (χ3n) is 4.77. The molecule has 7 heteroatoms. The Morgan fingerprint density at radius 1 is 1.39 bits per heavy atom. The third-order valence-corrected chi connectivity index (χ3v) is 5.22. The van der Waals surface area contributed by atoms with E-state index in [9.17, 15) is 4.79 Å². The zero-order valence-electron chi connectivity index (χ0n) is 13.3. The number of rotatable bonds is 3. The van der Waals surface area contributed by atoms with Crippen molar-refractivity contribution in [2.24, 2.45) is 7.05 Å². The van der Waals surface area contributed by atoms with Gasteiger partial charge in [0.05, 0.1) is 11.7 Å². The summed E-state index contributed by atoms with van der Waals surface area (Å²) in [6.45, 7) is 2.64. The summed E-state index contributed by atoms with van der Waals surface area (Å²) in [5, 5.41) is 8.95. The SMILES string of the molecule is Cc1nn(C)c(Cl)c1[C@@H]1CCCN1C(=O)c1cc(C2CC2)on1. The van der Waals surface area contributed by atoms with Crippen molar-refractivity contribution in [3.05, 3.63) is 33.9 Å². The van der Waals surface area contributed by atoms with Crippen molar-refractivity contribution in [3.63, 3.8) is 0 Å². The lowest BCUT2D eigenvalue weighted by Crippen LogP contribution is -2.31. The van der Waals surface area contributed by atoms with Gasteiger partial charge in [-0.25, -0.2) is 0 Å². The quantitative estimate of drug-likeness (QED) is 0.864. The van der Waals surface area contributed by atoms with Crippen LogP contribution in [0, 0.1) is 6.92 Å². The van der Waals surface area contributed by atoms with E-state index < -0.39 is 0 Å². The molecule has 0 aromatic carbocycles. The van der Waals surface area contributed by atoms with Crippen LogP contribution in [0.1, 0.15) is 65.1 Å². The van der Waals surface area contributed by atoms with Gasteiger partial charge in [-0.3, -0.25) is 9.48 Å².